The van der Waals surface area contributed by atoms with Crippen molar-refractivity contribution in [2.75, 3.05) is 11.9 Å². The van der Waals surface area contributed by atoms with E-state index in [1.54, 1.807) is 24.3 Å². The minimum Gasteiger partial charge on any atom is -0.482 e. The molecule has 2 amide bonds. The first-order valence-corrected chi connectivity index (χ1v) is 8.85. The highest BCUT2D eigenvalue weighted by molar-refractivity contribution is 6.35. The second kappa shape index (κ2) is 9.46. The molecule has 0 fully saturated rings. The Morgan fingerprint density at radius 2 is 1.88 bits per heavy atom. The Kier molecular flexibility index (Phi) is 7.30. The van der Waals surface area contributed by atoms with Crippen LogP contribution in [0.2, 0.25) is 10.0 Å². The van der Waals surface area contributed by atoms with E-state index in [9.17, 15) is 9.59 Å². The average Bonchev–Trinajstić information content (AvgIpc) is 2.59. The van der Waals surface area contributed by atoms with E-state index < -0.39 is 0 Å². The number of carbonyl (C=O) groups excluding carboxylic acids is 2. The summed E-state index contributed by atoms with van der Waals surface area (Å²) < 4.78 is 5.39. The molecular weight excluding hydrogens is 375 g/mol. The van der Waals surface area contributed by atoms with Gasteiger partial charge in [0.25, 0.3) is 5.91 Å². The summed E-state index contributed by atoms with van der Waals surface area (Å²) in [5.74, 6) is -0.0492. The highest BCUT2D eigenvalue weighted by Gasteiger charge is 2.09. The highest BCUT2D eigenvalue weighted by Crippen LogP contribution is 2.27. The molecular formula is C19H20Cl2N2O3. The zero-order chi connectivity index (χ0) is 19.1. The molecule has 0 saturated heterocycles. The van der Waals surface area contributed by atoms with Gasteiger partial charge in [-0.2, -0.15) is 0 Å². The van der Waals surface area contributed by atoms with Gasteiger partial charge in [0.1, 0.15) is 5.75 Å². The fraction of sp³-hybridized carbons (Fsp3) is 0.263. The van der Waals surface area contributed by atoms with E-state index >= 15 is 0 Å². The molecule has 2 N–H and O–H groups in total. The minimum atomic E-state index is -0.285. The van der Waals surface area contributed by atoms with Crippen molar-refractivity contribution < 1.29 is 14.3 Å². The molecule has 26 heavy (non-hydrogen) atoms. The van der Waals surface area contributed by atoms with Crippen molar-refractivity contribution >= 4 is 40.7 Å². The van der Waals surface area contributed by atoms with Gasteiger partial charge in [-0.3, -0.25) is 9.59 Å². The maximum atomic E-state index is 11.9. The molecule has 0 aromatic heterocycles. The lowest BCUT2D eigenvalue weighted by Gasteiger charge is -2.11. The van der Waals surface area contributed by atoms with Crippen LogP contribution in [0.1, 0.15) is 19.4 Å². The van der Waals surface area contributed by atoms with Gasteiger partial charge in [-0.25, -0.2) is 0 Å². The Morgan fingerprint density at radius 1 is 1.12 bits per heavy atom. The van der Waals surface area contributed by atoms with Gasteiger partial charge in [0, 0.05) is 23.2 Å². The summed E-state index contributed by atoms with van der Waals surface area (Å²) in [5, 5.41) is 6.43. The van der Waals surface area contributed by atoms with Crippen LogP contribution >= 0.6 is 23.2 Å². The Hall–Kier alpha value is -2.24. The smallest absolute Gasteiger partial charge is 0.258 e. The predicted molar refractivity (Wildman–Crippen MR) is 104 cm³/mol. The third kappa shape index (κ3) is 6.24. The van der Waals surface area contributed by atoms with Crippen LogP contribution in [0.3, 0.4) is 0 Å². The summed E-state index contributed by atoms with van der Waals surface area (Å²) in [4.78, 5) is 23.7. The Labute approximate surface area is 162 Å². The van der Waals surface area contributed by atoms with Crippen molar-refractivity contribution in [1.29, 1.82) is 0 Å². The predicted octanol–water partition coefficient (Wildman–Crippen LogP) is 4.28. The molecule has 0 aliphatic rings. The van der Waals surface area contributed by atoms with Gasteiger partial charge in [-0.05, 0) is 35.9 Å². The van der Waals surface area contributed by atoms with Crippen molar-refractivity contribution in [2.24, 2.45) is 5.92 Å². The standard InChI is InChI=1S/C19H20Cl2N2O3/c1-12(2)19(25)23-15-5-3-4-13(8-15)10-22-18(24)11-26-17-7-6-14(20)9-16(17)21/h3-9,12H,10-11H2,1-2H3,(H,22,24)(H,23,25). The second-order valence-electron chi connectivity index (χ2n) is 5.98. The topological polar surface area (TPSA) is 67.4 Å². The van der Waals surface area contributed by atoms with Crippen LogP contribution in [-0.2, 0) is 16.1 Å². The number of hydrogen-bond acceptors (Lipinski definition) is 3. The maximum absolute atomic E-state index is 11.9. The van der Waals surface area contributed by atoms with Crippen molar-refractivity contribution in [3.05, 3.63) is 58.1 Å². The van der Waals surface area contributed by atoms with E-state index in [0.29, 0.717) is 28.0 Å². The van der Waals surface area contributed by atoms with Crippen molar-refractivity contribution in [2.45, 2.75) is 20.4 Å². The van der Waals surface area contributed by atoms with Gasteiger partial charge in [0.15, 0.2) is 6.61 Å². The number of carbonyl (C=O) groups is 2. The monoisotopic (exact) mass is 394 g/mol. The van der Waals surface area contributed by atoms with Crippen LogP contribution in [-0.4, -0.2) is 18.4 Å². The van der Waals surface area contributed by atoms with Crippen LogP contribution in [0.4, 0.5) is 5.69 Å². The van der Waals surface area contributed by atoms with Crippen LogP contribution < -0.4 is 15.4 Å². The third-order valence-electron chi connectivity index (χ3n) is 3.46. The number of halogens is 2. The molecule has 2 aromatic carbocycles. The lowest BCUT2D eigenvalue weighted by Crippen LogP contribution is -2.28. The molecule has 0 aliphatic carbocycles. The highest BCUT2D eigenvalue weighted by atomic mass is 35.5. The van der Waals surface area contributed by atoms with Crippen LogP contribution in [0.25, 0.3) is 0 Å². The number of hydrogen-bond donors (Lipinski definition) is 2. The molecule has 2 aromatic rings. The van der Waals surface area contributed by atoms with E-state index in [1.165, 1.54) is 0 Å². The quantitative estimate of drug-likeness (QED) is 0.735. The first-order valence-electron chi connectivity index (χ1n) is 8.09. The normalized spacial score (nSPS) is 10.5. The van der Waals surface area contributed by atoms with E-state index in [4.69, 9.17) is 27.9 Å². The number of amides is 2. The molecule has 0 bridgehead atoms. The number of nitrogens with one attached hydrogen (secondary N) is 2. The number of anilines is 1. The molecule has 138 valence electrons. The molecule has 0 radical (unpaired) electrons. The first-order chi connectivity index (χ1) is 12.3. The summed E-state index contributed by atoms with van der Waals surface area (Å²) >= 11 is 11.8. The summed E-state index contributed by atoms with van der Waals surface area (Å²) in [6, 6.07) is 12.1. The summed E-state index contributed by atoms with van der Waals surface area (Å²) in [6.45, 7) is 3.81. The Balaban J connectivity index is 1.84. The molecule has 0 unspecified atom stereocenters. The van der Waals surface area contributed by atoms with E-state index in [0.717, 1.165) is 5.56 Å². The molecule has 5 nitrogen and oxygen atoms in total. The van der Waals surface area contributed by atoms with Crippen LogP contribution in [0, 0.1) is 5.92 Å². The molecule has 0 heterocycles. The Morgan fingerprint density at radius 3 is 2.58 bits per heavy atom. The largest absolute Gasteiger partial charge is 0.482 e. The lowest BCUT2D eigenvalue weighted by molar-refractivity contribution is -0.123. The minimum absolute atomic E-state index is 0.0561. The van der Waals surface area contributed by atoms with Gasteiger partial charge in [-0.15, -0.1) is 0 Å². The zero-order valence-corrected chi connectivity index (χ0v) is 16.0. The molecule has 0 saturated carbocycles. The SMILES string of the molecule is CC(C)C(=O)Nc1cccc(CNC(=O)COc2ccc(Cl)cc2Cl)c1. The van der Waals surface area contributed by atoms with Crippen LogP contribution in [0.5, 0.6) is 5.75 Å². The zero-order valence-electron chi connectivity index (χ0n) is 14.5. The van der Waals surface area contributed by atoms with Gasteiger partial charge >= 0.3 is 0 Å². The first kappa shape index (κ1) is 20.1. The number of rotatable bonds is 7. The number of benzene rings is 2. The molecule has 0 aliphatic heterocycles. The third-order valence-corrected chi connectivity index (χ3v) is 3.99. The summed E-state index contributed by atoms with van der Waals surface area (Å²) in [5.41, 5.74) is 1.56. The fourth-order valence-corrected chi connectivity index (χ4v) is 2.50. The molecule has 2 rings (SSSR count). The molecule has 0 atom stereocenters. The summed E-state index contributed by atoms with van der Waals surface area (Å²) in [6.07, 6.45) is 0. The van der Waals surface area contributed by atoms with Crippen molar-refractivity contribution in [1.82, 2.24) is 5.32 Å². The van der Waals surface area contributed by atoms with E-state index in [2.05, 4.69) is 10.6 Å². The average molecular weight is 395 g/mol. The van der Waals surface area contributed by atoms with Gasteiger partial charge < -0.3 is 15.4 Å². The fourth-order valence-electron chi connectivity index (χ4n) is 2.03. The molecule has 7 heteroatoms. The second-order valence-corrected chi connectivity index (χ2v) is 6.83. The maximum Gasteiger partial charge on any atom is 0.258 e. The van der Waals surface area contributed by atoms with Gasteiger partial charge in [0.2, 0.25) is 5.91 Å². The lowest BCUT2D eigenvalue weighted by atomic mass is 10.1. The van der Waals surface area contributed by atoms with E-state index in [1.807, 2.05) is 32.0 Å². The number of ether oxygens (including phenoxy) is 1. The van der Waals surface area contributed by atoms with Crippen molar-refractivity contribution in [3.8, 4) is 5.75 Å². The van der Waals surface area contributed by atoms with Crippen LogP contribution in [0.15, 0.2) is 42.5 Å². The van der Waals surface area contributed by atoms with Gasteiger partial charge in [-0.1, -0.05) is 49.2 Å². The molecule has 0 spiro atoms. The Bertz CT molecular complexity index is 794. The van der Waals surface area contributed by atoms with Gasteiger partial charge in [0.05, 0.1) is 5.02 Å². The summed E-state index contributed by atoms with van der Waals surface area (Å²) in [7, 11) is 0. The van der Waals surface area contributed by atoms with Crippen molar-refractivity contribution in [3.63, 3.8) is 0 Å². The van der Waals surface area contributed by atoms with E-state index in [-0.39, 0.29) is 24.3 Å².